The van der Waals surface area contributed by atoms with Gasteiger partial charge in [0.15, 0.2) is 0 Å². The number of nitrogens with zero attached hydrogens (tertiary/aromatic N) is 1. The van der Waals surface area contributed by atoms with Crippen LogP contribution in [0.15, 0.2) is 53.5 Å². The number of carbonyl (C=O) groups excluding carboxylic acids is 4. The maximum Gasteiger partial charge on any atom is 0.323 e. The minimum atomic E-state index is -2.32. The zero-order valence-electron chi connectivity index (χ0n) is 22.1. The zero-order chi connectivity index (χ0) is 28.9. The quantitative estimate of drug-likeness (QED) is 0.158. The van der Waals surface area contributed by atoms with E-state index in [1.165, 1.54) is 23.9 Å². The molecule has 6 N–H and O–H groups in total. The molecule has 1 saturated carbocycles. The molecule has 1 aromatic heterocycles. The first kappa shape index (κ1) is 29.2. The number of urea groups is 1. The minimum Gasteiger partial charge on any atom is -0.369 e. The van der Waals surface area contributed by atoms with Gasteiger partial charge in [-0.3, -0.25) is 19.2 Å². The first-order chi connectivity index (χ1) is 19.1. The number of anilines is 2. The summed E-state index contributed by atoms with van der Waals surface area (Å²) in [5, 5.41) is 23.9. The molecule has 2 aliphatic rings. The van der Waals surface area contributed by atoms with Crippen LogP contribution in [0.5, 0.6) is 0 Å². The van der Waals surface area contributed by atoms with E-state index in [1.807, 2.05) is 0 Å². The topological polar surface area (TPSA) is 171 Å². The molecule has 2 aromatic rings. The average Bonchev–Trinajstić information content (AvgIpc) is 3.67. The number of aliphatic hydroxyl groups is 1. The van der Waals surface area contributed by atoms with Crippen LogP contribution in [0.3, 0.4) is 0 Å². The second-order valence-electron chi connectivity index (χ2n) is 10.2. The Morgan fingerprint density at radius 3 is 2.42 bits per heavy atom. The van der Waals surface area contributed by atoms with Crippen LogP contribution in [0.2, 0.25) is 0 Å². The molecule has 4 rings (SSSR count). The van der Waals surface area contributed by atoms with Gasteiger partial charge in [-0.2, -0.15) is 0 Å². The van der Waals surface area contributed by atoms with Crippen molar-refractivity contribution in [2.24, 2.45) is 11.8 Å². The fraction of sp³-hybridized carbons (Fsp3) is 0.444. The average molecular weight is 571 g/mol. The number of benzene rings is 1. The van der Waals surface area contributed by atoms with Gasteiger partial charge in [-0.1, -0.05) is 31.0 Å². The lowest BCUT2D eigenvalue weighted by atomic mass is 9.93. The summed E-state index contributed by atoms with van der Waals surface area (Å²) in [5.41, 5.74) is -0.0787. The monoisotopic (exact) mass is 570 g/mol. The van der Waals surface area contributed by atoms with Crippen molar-refractivity contribution < 1.29 is 24.3 Å². The van der Waals surface area contributed by atoms with E-state index in [0.717, 1.165) is 12.8 Å². The number of hydrogen-bond donors (Lipinski definition) is 7. The third kappa shape index (κ3) is 7.02. The maximum absolute atomic E-state index is 13.7. The van der Waals surface area contributed by atoms with Crippen LogP contribution < -0.4 is 32.1 Å². The molecule has 40 heavy (non-hydrogen) atoms. The molecule has 2 heterocycles. The smallest absolute Gasteiger partial charge is 0.323 e. The van der Waals surface area contributed by atoms with Crippen molar-refractivity contribution in [1.29, 1.82) is 0 Å². The summed E-state index contributed by atoms with van der Waals surface area (Å²) in [4.78, 5) is 62.1. The molecule has 1 aliphatic heterocycles. The van der Waals surface area contributed by atoms with Gasteiger partial charge < -0.3 is 36.3 Å². The van der Waals surface area contributed by atoms with Gasteiger partial charge in [0.05, 0.1) is 6.04 Å². The van der Waals surface area contributed by atoms with Crippen molar-refractivity contribution in [3.8, 4) is 0 Å². The second kappa shape index (κ2) is 12.6. The first-order valence-electron chi connectivity index (χ1n) is 13.2. The zero-order valence-corrected chi connectivity index (χ0v) is 22.9. The van der Waals surface area contributed by atoms with Crippen LogP contribution in [0.1, 0.15) is 38.1 Å². The van der Waals surface area contributed by atoms with E-state index in [2.05, 4.69) is 39.2 Å². The fourth-order valence-electron chi connectivity index (χ4n) is 4.76. The van der Waals surface area contributed by atoms with E-state index in [-0.39, 0.29) is 23.9 Å². The Hall–Kier alpha value is -3.84. The van der Waals surface area contributed by atoms with Crippen molar-refractivity contribution in [3.05, 3.63) is 59.0 Å². The number of likely N-dealkylation sites (N-methyl/N-ethyl adjacent to an activating group) is 1. The van der Waals surface area contributed by atoms with E-state index >= 15 is 0 Å². The van der Waals surface area contributed by atoms with Crippen molar-refractivity contribution in [2.75, 3.05) is 24.2 Å². The van der Waals surface area contributed by atoms with Gasteiger partial charge in [0.1, 0.15) is 11.7 Å². The molecule has 0 spiro atoms. The molecule has 5 amide bonds. The van der Waals surface area contributed by atoms with Crippen LogP contribution in [0.4, 0.5) is 16.2 Å². The van der Waals surface area contributed by atoms with Crippen LogP contribution in [0.25, 0.3) is 0 Å². The molecule has 0 radical (unpaired) electrons. The molecule has 0 unspecified atom stereocenters. The molecular weight excluding hydrogens is 536 g/mol. The molecule has 214 valence electrons. The van der Waals surface area contributed by atoms with Gasteiger partial charge in [-0.05, 0) is 49.4 Å². The molecular formula is C27H34N6O6S. The lowest BCUT2D eigenvalue weighted by Crippen LogP contribution is -2.59. The SMILES string of the molecule is CNC(=O)[C@@](O)(S)[C@H](C[C@@H]1CCNC1=O)NC(=O)[C@H](CC1CC1)n1cccc(NC(=O)Nc2ccccc2)c1=O. The summed E-state index contributed by atoms with van der Waals surface area (Å²) < 4.78 is 1.24. The fourth-order valence-corrected chi connectivity index (χ4v) is 5.04. The number of thiol groups is 1. The standard InChI is InChI=1S/C27H34N6O6S/c1-28-25(37)27(39,40)21(15-17-11-12-29-22(17)34)32-23(35)20(14-16-9-10-16)33-13-5-8-19(24(33)36)31-26(38)30-18-6-3-2-4-7-18/h2-8,13,16-17,20-21,39-40H,9-12,14-15H2,1H3,(H,28,37)(H,29,34)(H,32,35)(H2,30,31,38)/t17-,20-,21-,27-/m0/s1. The van der Waals surface area contributed by atoms with Gasteiger partial charge in [-0.15, -0.1) is 12.6 Å². The van der Waals surface area contributed by atoms with E-state index < -0.39 is 46.3 Å². The highest BCUT2D eigenvalue weighted by Gasteiger charge is 2.45. The van der Waals surface area contributed by atoms with Crippen LogP contribution in [-0.4, -0.2) is 58.0 Å². The molecule has 1 aromatic carbocycles. The van der Waals surface area contributed by atoms with Gasteiger partial charge >= 0.3 is 6.03 Å². The normalized spacial score (nSPS) is 19.5. The highest BCUT2D eigenvalue weighted by molar-refractivity contribution is 7.82. The van der Waals surface area contributed by atoms with Crippen molar-refractivity contribution in [1.82, 2.24) is 20.5 Å². The van der Waals surface area contributed by atoms with Gasteiger partial charge in [0.2, 0.25) is 16.7 Å². The predicted octanol–water partition coefficient (Wildman–Crippen LogP) is 1.21. The lowest BCUT2D eigenvalue weighted by Gasteiger charge is -2.33. The molecule has 0 bridgehead atoms. The Labute approximate surface area is 236 Å². The number of pyridine rings is 1. The highest BCUT2D eigenvalue weighted by atomic mass is 32.1. The molecule has 1 saturated heterocycles. The van der Waals surface area contributed by atoms with Gasteiger partial charge in [0.25, 0.3) is 11.5 Å². The Kier molecular flexibility index (Phi) is 9.15. The largest absolute Gasteiger partial charge is 0.369 e. The number of nitrogens with one attached hydrogen (secondary N) is 5. The van der Waals surface area contributed by atoms with E-state index in [4.69, 9.17) is 0 Å². The lowest BCUT2D eigenvalue weighted by molar-refractivity contribution is -0.136. The predicted molar refractivity (Wildman–Crippen MR) is 152 cm³/mol. The Balaban J connectivity index is 1.57. The highest BCUT2D eigenvalue weighted by Crippen LogP contribution is 2.37. The van der Waals surface area contributed by atoms with Gasteiger partial charge in [0, 0.05) is 31.4 Å². The molecule has 13 heteroatoms. The summed E-state index contributed by atoms with van der Waals surface area (Å²) >= 11 is 4.16. The Morgan fingerprint density at radius 1 is 1.07 bits per heavy atom. The molecule has 12 nitrogen and oxygen atoms in total. The molecule has 4 atom stereocenters. The maximum atomic E-state index is 13.7. The number of amides is 5. The second-order valence-corrected chi connectivity index (χ2v) is 10.8. The molecule has 1 aliphatic carbocycles. The minimum absolute atomic E-state index is 0.0280. The number of carbonyl (C=O) groups is 4. The third-order valence-corrected chi connectivity index (χ3v) is 7.71. The summed E-state index contributed by atoms with van der Waals surface area (Å²) in [5.74, 6) is -2.01. The van der Waals surface area contributed by atoms with Gasteiger partial charge in [-0.25, -0.2) is 4.79 Å². The van der Waals surface area contributed by atoms with Crippen molar-refractivity contribution in [3.63, 3.8) is 0 Å². The number of aromatic nitrogens is 1. The van der Waals surface area contributed by atoms with Crippen LogP contribution in [-0.2, 0) is 14.4 Å². The third-order valence-electron chi connectivity index (χ3n) is 7.19. The van der Waals surface area contributed by atoms with Crippen molar-refractivity contribution >= 4 is 47.8 Å². The summed E-state index contributed by atoms with van der Waals surface area (Å²) in [6, 6.07) is 8.87. The Bertz CT molecular complexity index is 1310. The van der Waals surface area contributed by atoms with Crippen LogP contribution >= 0.6 is 12.6 Å². The van der Waals surface area contributed by atoms with E-state index in [1.54, 1.807) is 36.4 Å². The number of rotatable bonds is 11. The molecule has 2 fully saturated rings. The summed E-state index contributed by atoms with van der Waals surface area (Å²) in [6.45, 7) is 0.451. The summed E-state index contributed by atoms with van der Waals surface area (Å²) in [7, 11) is 1.33. The summed E-state index contributed by atoms with van der Waals surface area (Å²) in [6.07, 6.45) is 4.05. The van der Waals surface area contributed by atoms with Crippen molar-refractivity contribution in [2.45, 2.75) is 49.1 Å². The van der Waals surface area contributed by atoms with E-state index in [0.29, 0.717) is 25.1 Å². The van der Waals surface area contributed by atoms with Crippen LogP contribution in [0, 0.1) is 11.8 Å². The number of para-hydroxylation sites is 1. The van der Waals surface area contributed by atoms with E-state index in [9.17, 15) is 29.1 Å². The Morgan fingerprint density at radius 2 is 1.80 bits per heavy atom. The first-order valence-corrected chi connectivity index (χ1v) is 13.6. The number of hydrogen-bond acceptors (Lipinski definition) is 7.